The Bertz CT molecular complexity index is 419. The Balaban J connectivity index is 2.17. The minimum atomic E-state index is -0.494. The van der Waals surface area contributed by atoms with Crippen molar-refractivity contribution in [3.8, 4) is 0 Å². The Kier molecular flexibility index (Phi) is 3.25. The van der Waals surface area contributed by atoms with Crippen molar-refractivity contribution in [1.82, 2.24) is 14.9 Å². The average molecular weight is 241 g/mol. The van der Waals surface area contributed by atoms with Crippen molar-refractivity contribution in [2.75, 3.05) is 25.5 Å². The molecular weight excluding hydrogens is 226 g/mol. The van der Waals surface area contributed by atoms with Crippen molar-refractivity contribution in [3.63, 3.8) is 0 Å². The van der Waals surface area contributed by atoms with E-state index in [4.69, 9.17) is 4.74 Å². The average Bonchev–Trinajstić information content (AvgIpc) is 2.87. The van der Waals surface area contributed by atoms with E-state index in [2.05, 4.69) is 15.6 Å². The van der Waals surface area contributed by atoms with E-state index in [0.29, 0.717) is 12.4 Å². The van der Waals surface area contributed by atoms with E-state index in [9.17, 15) is 10.1 Å². The van der Waals surface area contributed by atoms with E-state index in [1.807, 2.05) is 0 Å². The molecule has 0 spiro atoms. The number of methoxy groups -OCH3 is 1. The predicted octanol–water partition coefficient (Wildman–Crippen LogP) is -0.273. The van der Waals surface area contributed by atoms with Gasteiger partial charge in [0.15, 0.2) is 0 Å². The highest BCUT2D eigenvalue weighted by Gasteiger charge is 2.30. The molecule has 1 aliphatic heterocycles. The van der Waals surface area contributed by atoms with Crippen LogP contribution in [0, 0.1) is 10.1 Å². The van der Waals surface area contributed by atoms with Crippen LogP contribution in [0.2, 0.25) is 0 Å². The van der Waals surface area contributed by atoms with Gasteiger partial charge in [0.1, 0.15) is 0 Å². The third-order valence-corrected chi connectivity index (χ3v) is 2.87. The largest absolute Gasteiger partial charge is 0.406 e. The van der Waals surface area contributed by atoms with Gasteiger partial charge in [-0.25, -0.2) is 0 Å². The van der Waals surface area contributed by atoms with Gasteiger partial charge in [-0.1, -0.05) is 0 Å². The summed E-state index contributed by atoms with van der Waals surface area (Å²) in [6.07, 6.45) is 1.43. The lowest BCUT2D eigenvalue weighted by Crippen LogP contribution is -2.34. The second kappa shape index (κ2) is 4.68. The maximum absolute atomic E-state index is 10.8. The van der Waals surface area contributed by atoms with Gasteiger partial charge in [-0.2, -0.15) is 0 Å². The highest BCUT2D eigenvalue weighted by atomic mass is 16.6. The quantitative estimate of drug-likeness (QED) is 0.556. The van der Waals surface area contributed by atoms with Crippen LogP contribution < -0.4 is 10.6 Å². The maximum atomic E-state index is 10.8. The second-order valence-electron chi connectivity index (χ2n) is 3.97. The monoisotopic (exact) mass is 241 g/mol. The fraction of sp³-hybridized carbons (Fsp3) is 0.667. The van der Waals surface area contributed by atoms with Crippen LogP contribution in [0.15, 0.2) is 6.33 Å². The maximum Gasteiger partial charge on any atom is 0.406 e. The molecule has 17 heavy (non-hydrogen) atoms. The zero-order valence-corrected chi connectivity index (χ0v) is 9.71. The molecule has 1 unspecified atom stereocenters. The molecule has 1 saturated heterocycles. The third kappa shape index (κ3) is 2.22. The zero-order chi connectivity index (χ0) is 12.4. The van der Waals surface area contributed by atoms with Gasteiger partial charge in [0.2, 0.25) is 12.1 Å². The van der Waals surface area contributed by atoms with Crippen LogP contribution in [0.25, 0.3) is 0 Å². The van der Waals surface area contributed by atoms with E-state index >= 15 is 0 Å². The van der Waals surface area contributed by atoms with Gasteiger partial charge in [-0.15, -0.1) is 0 Å². The Morgan fingerprint density at radius 1 is 1.71 bits per heavy atom. The van der Waals surface area contributed by atoms with Crippen molar-refractivity contribution in [2.24, 2.45) is 7.05 Å². The molecule has 0 aromatic carbocycles. The summed E-state index contributed by atoms with van der Waals surface area (Å²) in [6.45, 7) is 1.45. The number of anilines is 1. The number of nitro groups is 1. The summed E-state index contributed by atoms with van der Waals surface area (Å²) in [4.78, 5) is 14.1. The summed E-state index contributed by atoms with van der Waals surface area (Å²) in [7, 11) is 3.34. The van der Waals surface area contributed by atoms with Gasteiger partial charge in [0.25, 0.3) is 0 Å². The van der Waals surface area contributed by atoms with E-state index < -0.39 is 4.92 Å². The first kappa shape index (κ1) is 11.8. The summed E-state index contributed by atoms with van der Waals surface area (Å²) in [5.74, 6) is 0.250. The molecule has 1 fully saturated rings. The fourth-order valence-corrected chi connectivity index (χ4v) is 1.94. The molecule has 2 N–H and O–H groups in total. The van der Waals surface area contributed by atoms with Crippen molar-refractivity contribution in [1.29, 1.82) is 0 Å². The second-order valence-corrected chi connectivity index (χ2v) is 3.97. The molecule has 1 aliphatic rings. The Morgan fingerprint density at radius 2 is 2.47 bits per heavy atom. The molecule has 0 aliphatic carbocycles. The lowest BCUT2D eigenvalue weighted by atomic mass is 10.2. The molecule has 2 heterocycles. The van der Waals surface area contributed by atoms with E-state index in [1.165, 1.54) is 6.33 Å². The van der Waals surface area contributed by atoms with Crippen LogP contribution in [0.5, 0.6) is 0 Å². The van der Waals surface area contributed by atoms with Gasteiger partial charge in [-0.3, -0.25) is 4.57 Å². The number of aryl methyl sites for hydroxylation is 1. The number of rotatable bonds is 4. The molecule has 1 aromatic rings. The highest BCUT2D eigenvalue weighted by molar-refractivity contribution is 5.53. The van der Waals surface area contributed by atoms with Crippen LogP contribution in [0.4, 0.5) is 11.6 Å². The van der Waals surface area contributed by atoms with E-state index in [-0.39, 0.29) is 18.0 Å². The van der Waals surface area contributed by atoms with Crippen molar-refractivity contribution in [2.45, 2.75) is 12.1 Å². The topological polar surface area (TPSA) is 94.2 Å². The lowest BCUT2D eigenvalue weighted by Gasteiger charge is -2.19. The molecule has 0 saturated carbocycles. The number of nitrogens with zero attached hydrogens (tertiary/aromatic N) is 3. The van der Waals surface area contributed by atoms with Gasteiger partial charge >= 0.3 is 5.82 Å². The van der Waals surface area contributed by atoms with Crippen LogP contribution in [0.3, 0.4) is 0 Å². The minimum Gasteiger partial charge on any atom is -0.378 e. The van der Waals surface area contributed by atoms with Crippen LogP contribution in [0.1, 0.15) is 0 Å². The Morgan fingerprint density at radius 3 is 3.12 bits per heavy atom. The zero-order valence-electron chi connectivity index (χ0n) is 9.71. The molecular formula is C9H15N5O3. The smallest absolute Gasteiger partial charge is 0.378 e. The summed E-state index contributed by atoms with van der Waals surface area (Å²) < 4.78 is 6.89. The summed E-state index contributed by atoms with van der Waals surface area (Å²) >= 11 is 0. The molecule has 2 rings (SSSR count). The van der Waals surface area contributed by atoms with Crippen LogP contribution in [-0.2, 0) is 11.8 Å². The van der Waals surface area contributed by atoms with Crippen LogP contribution in [-0.4, -0.2) is 46.8 Å². The van der Waals surface area contributed by atoms with E-state index in [1.54, 1.807) is 18.7 Å². The summed E-state index contributed by atoms with van der Waals surface area (Å²) in [5.41, 5.74) is 0. The molecule has 94 valence electrons. The van der Waals surface area contributed by atoms with Crippen molar-refractivity contribution in [3.05, 3.63) is 16.4 Å². The first-order valence-electron chi connectivity index (χ1n) is 5.29. The lowest BCUT2D eigenvalue weighted by molar-refractivity contribution is -0.388. The molecule has 0 amide bonds. The normalized spacial score (nSPS) is 23.9. The van der Waals surface area contributed by atoms with Gasteiger partial charge < -0.3 is 25.5 Å². The van der Waals surface area contributed by atoms with Gasteiger partial charge in [-0.05, 0) is 9.91 Å². The molecule has 0 bridgehead atoms. The Labute approximate surface area is 98.1 Å². The highest BCUT2D eigenvalue weighted by Crippen LogP contribution is 2.23. The fourth-order valence-electron chi connectivity index (χ4n) is 1.94. The van der Waals surface area contributed by atoms with Crippen LogP contribution >= 0.6 is 0 Å². The predicted molar refractivity (Wildman–Crippen MR) is 60.9 cm³/mol. The number of hydrogen-bond donors (Lipinski definition) is 2. The van der Waals surface area contributed by atoms with Gasteiger partial charge in [0, 0.05) is 27.2 Å². The molecule has 2 atom stereocenters. The first-order chi connectivity index (χ1) is 8.13. The number of imidazole rings is 1. The molecule has 0 radical (unpaired) electrons. The third-order valence-electron chi connectivity index (χ3n) is 2.87. The standard InChI is InChI=1S/C9H15N5O3/c1-13-5-11-8(14(15)16)9(13)12-6-3-10-4-7(6)17-2/h5-7,10,12H,3-4H2,1-2H3/t6?,7-/m0/s1. The number of aromatic nitrogens is 2. The number of ether oxygens (including phenoxy) is 1. The Hall–Kier alpha value is -1.67. The van der Waals surface area contributed by atoms with E-state index in [0.717, 1.165) is 6.54 Å². The first-order valence-corrected chi connectivity index (χ1v) is 5.29. The summed E-state index contributed by atoms with van der Waals surface area (Å²) in [5, 5.41) is 17.1. The van der Waals surface area contributed by atoms with Crippen molar-refractivity contribution >= 4 is 11.6 Å². The SMILES string of the molecule is CO[C@H]1CNCC1Nc1c([N+](=O)[O-])ncn1C. The number of hydrogen-bond acceptors (Lipinski definition) is 6. The summed E-state index contributed by atoms with van der Waals surface area (Å²) in [6, 6.07) is 0.00843. The van der Waals surface area contributed by atoms with Gasteiger partial charge in [0.05, 0.1) is 12.1 Å². The molecule has 8 nitrogen and oxygen atoms in total. The van der Waals surface area contributed by atoms with Crippen molar-refractivity contribution < 1.29 is 9.66 Å². The minimum absolute atomic E-state index is 0.00417. The number of nitrogens with one attached hydrogen (secondary N) is 2. The molecule has 8 heteroatoms. The molecule has 1 aromatic heterocycles.